The predicted octanol–water partition coefficient (Wildman–Crippen LogP) is 2.53. The van der Waals surface area contributed by atoms with Crippen LogP contribution in [0.5, 0.6) is 0 Å². The molecule has 10 nitrogen and oxygen atoms in total. The lowest BCUT2D eigenvalue weighted by atomic mass is 10.0. The van der Waals surface area contributed by atoms with Gasteiger partial charge in [0.2, 0.25) is 10.0 Å². The molecule has 3 aliphatic rings. The highest BCUT2D eigenvalue weighted by Gasteiger charge is 2.41. The molecule has 2 heterocycles. The third kappa shape index (κ3) is 7.10. The van der Waals surface area contributed by atoms with Crippen LogP contribution in [0.1, 0.15) is 42.4 Å². The molecule has 2 aromatic rings. The van der Waals surface area contributed by atoms with Gasteiger partial charge in [-0.1, -0.05) is 36.4 Å². The topological polar surface area (TPSA) is 135 Å². The Kier molecular flexibility index (Phi) is 9.63. The van der Waals surface area contributed by atoms with Gasteiger partial charge in [0.05, 0.1) is 42.4 Å². The molecule has 6 atom stereocenters. The summed E-state index contributed by atoms with van der Waals surface area (Å²) in [5.74, 6) is 0.402. The van der Waals surface area contributed by atoms with Crippen LogP contribution in [0.2, 0.25) is 0 Å². The Morgan fingerprint density at radius 2 is 1.95 bits per heavy atom. The number of amides is 1. The molecule has 0 spiro atoms. The van der Waals surface area contributed by atoms with Crippen LogP contribution in [0.15, 0.2) is 53.4 Å². The monoisotopic (exact) mass is 588 g/mol. The Morgan fingerprint density at radius 1 is 1.15 bits per heavy atom. The fourth-order valence-corrected chi connectivity index (χ4v) is 7.83. The molecule has 11 heteroatoms. The molecule has 2 unspecified atom stereocenters. The number of aryl methyl sites for hydroxylation is 1. The number of benzene rings is 2. The third-order valence-electron chi connectivity index (χ3n) is 8.52. The summed E-state index contributed by atoms with van der Waals surface area (Å²) >= 11 is 0. The second kappa shape index (κ2) is 13.2. The summed E-state index contributed by atoms with van der Waals surface area (Å²) in [6.07, 6.45) is 1.13. The van der Waals surface area contributed by atoms with Crippen LogP contribution in [-0.2, 0) is 37.3 Å². The van der Waals surface area contributed by atoms with E-state index in [9.17, 15) is 23.4 Å². The van der Waals surface area contributed by atoms with Gasteiger partial charge < -0.3 is 29.7 Å². The first-order valence-corrected chi connectivity index (χ1v) is 15.8. The van der Waals surface area contributed by atoms with Gasteiger partial charge in [-0.3, -0.25) is 0 Å². The standard InChI is InChI=1S/C30H40N2O8S/c1-20-7-8-26(15-23(20)18-33)41(36,37)32(24-10-11-38-19-24)17-28(34)27(13-21-5-3-2-4-6-21)31-30(35)40-25-14-22-9-12-39-29(22)16-25/h2-8,15,22,24-25,27-29,33-34H,9-14,16-19H2,1H3,(H,31,35)/t22?,24?,25-,27+,28-,29-/m1/s1. The fraction of sp³-hybridized carbons (Fsp3) is 0.567. The maximum Gasteiger partial charge on any atom is 0.407 e. The van der Waals surface area contributed by atoms with Crippen LogP contribution in [0.25, 0.3) is 0 Å². The molecule has 224 valence electrons. The number of fused-ring (bicyclic) bond motifs is 1. The van der Waals surface area contributed by atoms with Crippen molar-refractivity contribution >= 4 is 16.1 Å². The molecule has 3 N–H and O–H groups in total. The number of nitrogens with one attached hydrogen (secondary N) is 1. The van der Waals surface area contributed by atoms with Gasteiger partial charge in [-0.05, 0) is 67.3 Å². The Hall–Kier alpha value is -2.54. The molecule has 2 aromatic carbocycles. The molecular weight excluding hydrogens is 548 g/mol. The molecule has 1 amide bonds. The van der Waals surface area contributed by atoms with Gasteiger partial charge in [-0.25, -0.2) is 13.2 Å². The van der Waals surface area contributed by atoms with Crippen LogP contribution in [0.3, 0.4) is 0 Å². The van der Waals surface area contributed by atoms with Crippen molar-refractivity contribution in [3.8, 4) is 0 Å². The number of aliphatic hydroxyl groups is 2. The summed E-state index contributed by atoms with van der Waals surface area (Å²) in [5.41, 5.74) is 2.18. The number of ether oxygens (including phenoxy) is 3. The van der Waals surface area contributed by atoms with E-state index in [-0.39, 0.29) is 43.3 Å². The Balaban J connectivity index is 1.35. The molecule has 0 radical (unpaired) electrons. The molecule has 2 aliphatic heterocycles. The Morgan fingerprint density at radius 3 is 2.66 bits per heavy atom. The average Bonchev–Trinajstić information content (AvgIpc) is 3.71. The van der Waals surface area contributed by atoms with Gasteiger partial charge in [0.1, 0.15) is 6.10 Å². The van der Waals surface area contributed by atoms with Crippen molar-refractivity contribution in [2.75, 3.05) is 26.4 Å². The zero-order valence-corrected chi connectivity index (χ0v) is 24.2. The van der Waals surface area contributed by atoms with E-state index in [0.717, 1.165) is 30.6 Å². The third-order valence-corrected chi connectivity index (χ3v) is 10.4. The Bertz CT molecular complexity index is 1270. The van der Waals surface area contributed by atoms with Crippen molar-refractivity contribution in [1.82, 2.24) is 9.62 Å². The predicted molar refractivity (Wildman–Crippen MR) is 151 cm³/mol. The molecule has 2 saturated heterocycles. The number of alkyl carbamates (subject to hydrolysis) is 1. The second-order valence-electron chi connectivity index (χ2n) is 11.3. The fourth-order valence-electron chi connectivity index (χ4n) is 6.12. The van der Waals surface area contributed by atoms with Crippen LogP contribution in [0.4, 0.5) is 4.79 Å². The average molecular weight is 589 g/mol. The lowest BCUT2D eigenvalue weighted by molar-refractivity contribution is 0.0539. The summed E-state index contributed by atoms with van der Waals surface area (Å²) in [7, 11) is -4.07. The molecule has 5 rings (SSSR count). The number of carbonyl (C=O) groups is 1. The quantitative estimate of drug-likeness (QED) is 0.365. The van der Waals surface area contributed by atoms with Crippen LogP contribution in [0, 0.1) is 12.8 Å². The van der Waals surface area contributed by atoms with Gasteiger partial charge >= 0.3 is 6.09 Å². The van der Waals surface area contributed by atoms with Gasteiger partial charge in [0.15, 0.2) is 0 Å². The van der Waals surface area contributed by atoms with Gasteiger partial charge in [-0.15, -0.1) is 0 Å². The van der Waals surface area contributed by atoms with E-state index in [1.54, 1.807) is 13.0 Å². The van der Waals surface area contributed by atoms with Crippen molar-refractivity contribution in [1.29, 1.82) is 0 Å². The van der Waals surface area contributed by atoms with E-state index in [1.807, 2.05) is 30.3 Å². The maximum atomic E-state index is 13.9. The molecule has 1 aliphatic carbocycles. The maximum absolute atomic E-state index is 13.9. The first-order valence-electron chi connectivity index (χ1n) is 14.3. The number of hydrogen-bond donors (Lipinski definition) is 3. The summed E-state index contributed by atoms with van der Waals surface area (Å²) < 4.78 is 46.1. The van der Waals surface area contributed by atoms with Crippen molar-refractivity contribution in [2.24, 2.45) is 5.92 Å². The smallest absolute Gasteiger partial charge is 0.407 e. The zero-order valence-electron chi connectivity index (χ0n) is 23.4. The minimum absolute atomic E-state index is 0.0345. The largest absolute Gasteiger partial charge is 0.446 e. The minimum atomic E-state index is -4.07. The second-order valence-corrected chi connectivity index (χ2v) is 13.2. The van der Waals surface area contributed by atoms with Crippen LogP contribution < -0.4 is 5.32 Å². The highest BCUT2D eigenvalue weighted by atomic mass is 32.2. The highest BCUT2D eigenvalue weighted by Crippen LogP contribution is 2.37. The van der Waals surface area contributed by atoms with Crippen molar-refractivity contribution in [2.45, 2.75) is 80.9 Å². The van der Waals surface area contributed by atoms with E-state index in [1.165, 1.54) is 16.4 Å². The zero-order chi connectivity index (χ0) is 29.0. The summed E-state index contributed by atoms with van der Waals surface area (Å²) in [6.45, 7) is 2.62. The molecular formula is C30H40N2O8S. The van der Waals surface area contributed by atoms with Gasteiger partial charge in [0, 0.05) is 26.2 Å². The number of sulfonamides is 1. The highest BCUT2D eigenvalue weighted by molar-refractivity contribution is 7.89. The SMILES string of the molecule is Cc1ccc(S(=O)(=O)N(C[C@@H](O)[C@H](Cc2ccccc2)NC(=O)O[C@@H]2CC3CCO[C@@H]3C2)C2CCOC2)cc1CO. The first-order chi connectivity index (χ1) is 19.7. The number of rotatable bonds is 11. The van der Waals surface area contributed by atoms with Crippen molar-refractivity contribution in [3.05, 3.63) is 65.2 Å². The van der Waals surface area contributed by atoms with E-state index < -0.39 is 34.3 Å². The number of aliphatic hydroxyl groups excluding tert-OH is 2. The van der Waals surface area contributed by atoms with E-state index in [2.05, 4.69) is 5.32 Å². The molecule has 3 fully saturated rings. The molecule has 41 heavy (non-hydrogen) atoms. The lowest BCUT2D eigenvalue weighted by Gasteiger charge is -2.32. The Labute approximate surface area is 241 Å². The summed E-state index contributed by atoms with van der Waals surface area (Å²) in [5, 5.41) is 24.1. The van der Waals surface area contributed by atoms with Crippen molar-refractivity contribution < 1.29 is 37.6 Å². The lowest BCUT2D eigenvalue weighted by Crippen LogP contribution is -2.53. The summed E-state index contributed by atoms with van der Waals surface area (Å²) in [4.78, 5) is 13.1. The van der Waals surface area contributed by atoms with E-state index >= 15 is 0 Å². The van der Waals surface area contributed by atoms with Gasteiger partial charge in [0.25, 0.3) is 0 Å². The molecule has 1 saturated carbocycles. The van der Waals surface area contributed by atoms with Crippen molar-refractivity contribution in [3.63, 3.8) is 0 Å². The van der Waals surface area contributed by atoms with Crippen LogP contribution >= 0.6 is 0 Å². The normalized spacial score (nSPS) is 25.7. The molecule has 0 aromatic heterocycles. The number of hydrogen-bond acceptors (Lipinski definition) is 8. The number of carbonyl (C=O) groups excluding carboxylic acids is 1. The molecule has 0 bridgehead atoms. The van der Waals surface area contributed by atoms with Gasteiger partial charge in [-0.2, -0.15) is 4.31 Å². The minimum Gasteiger partial charge on any atom is -0.446 e. The van der Waals surface area contributed by atoms with E-state index in [0.29, 0.717) is 30.9 Å². The first kappa shape index (κ1) is 29.9. The van der Waals surface area contributed by atoms with E-state index in [4.69, 9.17) is 14.2 Å². The summed E-state index contributed by atoms with van der Waals surface area (Å²) in [6, 6.07) is 12.8. The number of nitrogens with zero attached hydrogens (tertiary/aromatic N) is 1. The van der Waals surface area contributed by atoms with Crippen LogP contribution in [-0.4, -0.2) is 85.8 Å².